The summed E-state index contributed by atoms with van der Waals surface area (Å²) >= 11 is 0. The van der Waals surface area contributed by atoms with Crippen LogP contribution in [0, 0.1) is 5.92 Å². The van der Waals surface area contributed by atoms with Gasteiger partial charge in [0.2, 0.25) is 0 Å². The molecule has 27 heavy (non-hydrogen) atoms. The Morgan fingerprint density at radius 3 is 2.67 bits per heavy atom. The van der Waals surface area contributed by atoms with Gasteiger partial charge in [-0.1, -0.05) is 18.9 Å². The van der Waals surface area contributed by atoms with Gasteiger partial charge in [0, 0.05) is 22.8 Å². The maximum Gasteiger partial charge on any atom is 0.119 e. The molecule has 1 saturated heterocycles. The highest BCUT2D eigenvalue weighted by atomic mass is 16.5. The second kappa shape index (κ2) is 6.56. The van der Waals surface area contributed by atoms with Gasteiger partial charge < -0.3 is 15.0 Å². The van der Waals surface area contributed by atoms with E-state index < -0.39 is 0 Å². The molecule has 0 spiro atoms. The molecule has 5 rings (SSSR count). The van der Waals surface area contributed by atoms with E-state index >= 15 is 0 Å². The number of hydrogen-bond donors (Lipinski definition) is 1. The van der Waals surface area contributed by atoms with Crippen molar-refractivity contribution in [3.05, 3.63) is 53.6 Å². The second-order valence-electron chi connectivity index (χ2n) is 8.74. The number of methoxy groups -OCH3 is 1. The van der Waals surface area contributed by atoms with Gasteiger partial charge in [0.1, 0.15) is 5.75 Å². The van der Waals surface area contributed by atoms with Crippen LogP contribution in [0.5, 0.6) is 5.75 Å². The van der Waals surface area contributed by atoms with Crippen molar-refractivity contribution in [2.24, 2.45) is 5.92 Å². The highest BCUT2D eigenvalue weighted by molar-refractivity contribution is 5.63. The zero-order chi connectivity index (χ0) is 18.4. The molecule has 0 amide bonds. The number of likely N-dealkylation sites (tertiary alicyclic amines) is 1. The molecule has 3 nitrogen and oxygen atoms in total. The summed E-state index contributed by atoms with van der Waals surface area (Å²) in [6, 6.07) is 16.1. The molecule has 2 fully saturated rings. The normalized spacial score (nSPS) is 29.6. The smallest absolute Gasteiger partial charge is 0.119 e. The van der Waals surface area contributed by atoms with Gasteiger partial charge in [-0.3, -0.25) is 0 Å². The fraction of sp³-hybridized carbons (Fsp3) is 0.500. The number of nitrogens with zero attached hydrogens (tertiary/aromatic N) is 1. The van der Waals surface area contributed by atoms with Crippen molar-refractivity contribution in [1.82, 2.24) is 4.90 Å². The lowest BCUT2D eigenvalue weighted by Gasteiger charge is -2.58. The average molecular weight is 363 g/mol. The van der Waals surface area contributed by atoms with Crippen LogP contribution in [0.2, 0.25) is 0 Å². The summed E-state index contributed by atoms with van der Waals surface area (Å²) in [4.78, 5) is 2.64. The third-order valence-electron chi connectivity index (χ3n) is 7.49. The molecule has 1 N–H and O–H groups in total. The van der Waals surface area contributed by atoms with E-state index in [9.17, 15) is 0 Å². The minimum atomic E-state index is 0.417. The Kier molecular flexibility index (Phi) is 4.16. The van der Waals surface area contributed by atoms with Crippen molar-refractivity contribution in [2.75, 3.05) is 26.0 Å². The molecule has 3 heteroatoms. The van der Waals surface area contributed by atoms with Gasteiger partial charge >= 0.3 is 0 Å². The van der Waals surface area contributed by atoms with Gasteiger partial charge in [-0.15, -0.1) is 0 Å². The number of hydrogen-bond acceptors (Lipinski definition) is 3. The molecule has 2 aliphatic carbocycles. The maximum absolute atomic E-state index is 5.27. The number of benzene rings is 2. The lowest BCUT2D eigenvalue weighted by Crippen LogP contribution is -2.59. The van der Waals surface area contributed by atoms with E-state index in [4.69, 9.17) is 4.74 Å². The molecule has 1 unspecified atom stereocenters. The van der Waals surface area contributed by atoms with Crippen LogP contribution in [0.25, 0.3) is 0 Å². The van der Waals surface area contributed by atoms with E-state index in [2.05, 4.69) is 47.6 Å². The van der Waals surface area contributed by atoms with Gasteiger partial charge in [-0.2, -0.15) is 0 Å². The number of anilines is 2. The highest BCUT2D eigenvalue weighted by Gasteiger charge is 2.52. The number of rotatable bonds is 3. The van der Waals surface area contributed by atoms with Crippen LogP contribution >= 0.6 is 0 Å². The molecule has 3 aliphatic rings. The molecule has 2 bridgehead atoms. The minimum absolute atomic E-state index is 0.417. The van der Waals surface area contributed by atoms with Crippen LogP contribution in [0.15, 0.2) is 42.5 Å². The molecule has 3 atom stereocenters. The summed E-state index contributed by atoms with van der Waals surface area (Å²) in [6.45, 7) is 1.25. The minimum Gasteiger partial charge on any atom is -0.497 e. The lowest BCUT2D eigenvalue weighted by molar-refractivity contribution is 0.00290. The van der Waals surface area contributed by atoms with Crippen molar-refractivity contribution < 1.29 is 4.74 Å². The Hall–Kier alpha value is -2.00. The number of ether oxygens (including phenoxy) is 1. The van der Waals surface area contributed by atoms with Crippen molar-refractivity contribution in [1.29, 1.82) is 0 Å². The first-order valence-electron chi connectivity index (χ1n) is 10.4. The standard InChI is InChI=1S/C24H30N2O/c1-26-14-13-24-12-4-3-5-21(24)23(26)15-17-6-7-19(16-22(17)24)25-18-8-10-20(27-2)11-9-18/h6-11,16,21,23,25H,3-5,12-15H2,1-2H3/t21-,23+,24?/m0/s1. The molecule has 0 radical (unpaired) electrons. The summed E-state index contributed by atoms with van der Waals surface area (Å²) in [6.07, 6.45) is 8.13. The van der Waals surface area contributed by atoms with E-state index in [1.807, 2.05) is 12.1 Å². The van der Waals surface area contributed by atoms with Crippen LogP contribution < -0.4 is 10.1 Å². The third kappa shape index (κ3) is 2.75. The Morgan fingerprint density at radius 2 is 1.85 bits per heavy atom. The third-order valence-corrected chi connectivity index (χ3v) is 7.49. The van der Waals surface area contributed by atoms with Crippen LogP contribution in [0.4, 0.5) is 11.4 Å². The first-order chi connectivity index (χ1) is 13.2. The quantitative estimate of drug-likeness (QED) is 0.819. The first kappa shape index (κ1) is 17.1. The Labute approximate surface area is 162 Å². The zero-order valence-corrected chi connectivity index (χ0v) is 16.5. The molecule has 2 aromatic carbocycles. The number of piperidine rings is 1. The predicted molar refractivity (Wildman–Crippen MR) is 111 cm³/mol. The van der Waals surface area contributed by atoms with E-state index in [1.54, 1.807) is 18.2 Å². The summed E-state index contributed by atoms with van der Waals surface area (Å²) in [5.74, 6) is 1.74. The monoisotopic (exact) mass is 362 g/mol. The maximum atomic E-state index is 5.27. The molecule has 1 saturated carbocycles. The van der Waals surface area contributed by atoms with Gasteiger partial charge in [0.25, 0.3) is 0 Å². The number of fused-ring (bicyclic) bond motifs is 1. The van der Waals surface area contributed by atoms with Gasteiger partial charge in [-0.25, -0.2) is 0 Å². The average Bonchev–Trinajstić information content (AvgIpc) is 2.71. The largest absolute Gasteiger partial charge is 0.497 e. The molecular formula is C24H30N2O. The first-order valence-corrected chi connectivity index (χ1v) is 10.4. The zero-order valence-electron chi connectivity index (χ0n) is 16.5. The summed E-state index contributed by atoms with van der Waals surface area (Å²) in [7, 11) is 4.05. The van der Waals surface area contributed by atoms with E-state index in [1.165, 1.54) is 50.8 Å². The second-order valence-corrected chi connectivity index (χ2v) is 8.74. The van der Waals surface area contributed by atoms with E-state index in [-0.39, 0.29) is 0 Å². The topological polar surface area (TPSA) is 24.5 Å². The molecular weight excluding hydrogens is 332 g/mol. The molecule has 142 valence electrons. The SMILES string of the molecule is COc1ccc(Nc2ccc3c(c2)C24CCCC[C@H]2[C@@H](C3)N(C)CC4)cc1. The van der Waals surface area contributed by atoms with Gasteiger partial charge in [0.15, 0.2) is 0 Å². The van der Waals surface area contributed by atoms with Crippen molar-refractivity contribution in [2.45, 2.75) is 50.0 Å². The summed E-state index contributed by atoms with van der Waals surface area (Å²) in [5.41, 5.74) is 5.99. The van der Waals surface area contributed by atoms with E-state index in [0.29, 0.717) is 5.41 Å². The number of nitrogens with one attached hydrogen (secondary N) is 1. The summed E-state index contributed by atoms with van der Waals surface area (Å²) < 4.78 is 5.27. The van der Waals surface area contributed by atoms with Gasteiger partial charge in [-0.05, 0) is 92.7 Å². The van der Waals surface area contributed by atoms with Crippen molar-refractivity contribution in [3.8, 4) is 5.75 Å². The molecule has 1 aliphatic heterocycles. The van der Waals surface area contributed by atoms with E-state index in [0.717, 1.165) is 23.4 Å². The molecule has 2 aromatic rings. The Bertz CT molecular complexity index is 831. The lowest BCUT2D eigenvalue weighted by atomic mass is 9.52. The van der Waals surface area contributed by atoms with Gasteiger partial charge in [0.05, 0.1) is 7.11 Å². The Balaban J connectivity index is 1.50. The van der Waals surface area contributed by atoms with Crippen molar-refractivity contribution >= 4 is 11.4 Å². The van der Waals surface area contributed by atoms with Crippen LogP contribution in [0.1, 0.15) is 43.2 Å². The predicted octanol–water partition coefficient (Wildman–Crippen LogP) is 5.13. The highest BCUT2D eigenvalue weighted by Crippen LogP contribution is 2.55. The molecule has 0 aromatic heterocycles. The van der Waals surface area contributed by atoms with Crippen LogP contribution in [0.3, 0.4) is 0 Å². The van der Waals surface area contributed by atoms with Crippen LogP contribution in [-0.2, 0) is 11.8 Å². The Morgan fingerprint density at radius 1 is 1.04 bits per heavy atom. The number of likely N-dealkylation sites (N-methyl/N-ethyl adjacent to an activating group) is 1. The summed E-state index contributed by atoms with van der Waals surface area (Å²) in [5, 5.41) is 3.61. The molecule has 1 heterocycles. The fourth-order valence-electron chi connectivity index (χ4n) is 6.12. The fourth-order valence-corrected chi connectivity index (χ4v) is 6.12. The van der Waals surface area contributed by atoms with Crippen molar-refractivity contribution in [3.63, 3.8) is 0 Å². The van der Waals surface area contributed by atoms with Crippen LogP contribution in [-0.4, -0.2) is 31.6 Å².